The van der Waals surface area contributed by atoms with Crippen LogP contribution in [-0.2, 0) is 0 Å². The molecule has 0 aliphatic rings. The lowest BCUT2D eigenvalue weighted by Crippen LogP contribution is -2.16. The second-order valence-corrected chi connectivity index (χ2v) is 5.82. The molecule has 0 aliphatic carbocycles. The minimum absolute atomic E-state index is 0.130. The van der Waals surface area contributed by atoms with Crippen molar-refractivity contribution in [1.29, 1.82) is 0 Å². The van der Waals surface area contributed by atoms with E-state index in [0.717, 1.165) is 11.1 Å². The van der Waals surface area contributed by atoms with Crippen LogP contribution in [0.15, 0.2) is 36.4 Å². The maximum absolute atomic E-state index is 11.3. The Morgan fingerprint density at radius 1 is 1.04 bits per heavy atom. The molecule has 0 spiro atoms. The molecule has 0 bridgehead atoms. The average Bonchev–Trinajstić information content (AvgIpc) is 2.59. The molecule has 2 aromatic carbocycles. The van der Waals surface area contributed by atoms with Crippen LogP contribution in [0.3, 0.4) is 0 Å². The molecular formula is C19H23NO4. The molecule has 24 heavy (non-hydrogen) atoms. The molecular weight excluding hydrogens is 306 g/mol. The Labute approximate surface area is 142 Å². The summed E-state index contributed by atoms with van der Waals surface area (Å²) < 4.78 is 10.8. The number of benzene rings is 2. The van der Waals surface area contributed by atoms with Crippen LogP contribution in [-0.4, -0.2) is 44.3 Å². The highest BCUT2D eigenvalue weighted by Gasteiger charge is 2.18. The zero-order valence-corrected chi connectivity index (χ0v) is 14.7. The van der Waals surface area contributed by atoms with Crippen LogP contribution in [0.2, 0.25) is 0 Å². The van der Waals surface area contributed by atoms with E-state index >= 15 is 0 Å². The lowest BCUT2D eigenvalue weighted by Gasteiger charge is -2.21. The Morgan fingerprint density at radius 3 is 1.92 bits per heavy atom. The largest absolute Gasteiger partial charge is 0.496 e. The molecule has 0 heterocycles. The van der Waals surface area contributed by atoms with Gasteiger partial charge in [-0.2, -0.15) is 0 Å². The van der Waals surface area contributed by atoms with E-state index in [1.165, 1.54) is 31.9 Å². The molecule has 1 atom stereocenters. The van der Waals surface area contributed by atoms with Crippen molar-refractivity contribution in [2.45, 2.75) is 13.0 Å². The van der Waals surface area contributed by atoms with Gasteiger partial charge in [0.2, 0.25) is 0 Å². The van der Waals surface area contributed by atoms with Gasteiger partial charge >= 0.3 is 5.97 Å². The van der Waals surface area contributed by atoms with Gasteiger partial charge in [-0.05, 0) is 44.3 Å². The van der Waals surface area contributed by atoms with E-state index in [-0.39, 0.29) is 5.56 Å². The van der Waals surface area contributed by atoms with Gasteiger partial charge in [0, 0.05) is 6.04 Å². The van der Waals surface area contributed by atoms with E-state index in [1.807, 2.05) is 26.2 Å². The van der Waals surface area contributed by atoms with Gasteiger partial charge in [-0.15, -0.1) is 0 Å². The quantitative estimate of drug-likeness (QED) is 0.876. The predicted octanol–water partition coefficient (Wildman–Crippen LogP) is 3.69. The summed E-state index contributed by atoms with van der Waals surface area (Å²) in [5.74, 6) is -0.0754. The van der Waals surface area contributed by atoms with Crippen molar-refractivity contribution in [3.05, 3.63) is 47.5 Å². The van der Waals surface area contributed by atoms with Crippen molar-refractivity contribution in [3.63, 3.8) is 0 Å². The molecule has 128 valence electrons. The summed E-state index contributed by atoms with van der Waals surface area (Å²) in [6.07, 6.45) is 0. The first kappa shape index (κ1) is 17.8. The molecule has 1 N–H and O–H groups in total. The maximum atomic E-state index is 11.3. The predicted molar refractivity (Wildman–Crippen MR) is 94.0 cm³/mol. The van der Waals surface area contributed by atoms with E-state index in [0.29, 0.717) is 17.5 Å². The first-order valence-electron chi connectivity index (χ1n) is 7.65. The first-order chi connectivity index (χ1) is 11.4. The van der Waals surface area contributed by atoms with Crippen molar-refractivity contribution in [2.24, 2.45) is 0 Å². The molecule has 0 radical (unpaired) electrons. The van der Waals surface area contributed by atoms with Crippen molar-refractivity contribution >= 4 is 5.97 Å². The van der Waals surface area contributed by atoms with Gasteiger partial charge in [-0.1, -0.05) is 24.3 Å². The van der Waals surface area contributed by atoms with Gasteiger partial charge in [0.15, 0.2) is 0 Å². The highest BCUT2D eigenvalue weighted by molar-refractivity contribution is 5.91. The van der Waals surface area contributed by atoms with Crippen LogP contribution < -0.4 is 9.47 Å². The molecule has 2 aromatic rings. The Hall–Kier alpha value is -2.53. The normalized spacial score (nSPS) is 12.1. The topological polar surface area (TPSA) is 59.0 Å². The molecule has 5 nitrogen and oxygen atoms in total. The standard InChI is InChI=1S/C19H23NO4/c1-12(20(2)3)13-6-8-14(9-7-13)18-16(23-4)10-15(19(21)22)11-17(18)24-5/h6-12H,1-5H3,(H,21,22)/t12-/m0/s1. The summed E-state index contributed by atoms with van der Waals surface area (Å²) in [6.45, 7) is 2.14. The Bertz CT molecular complexity index is 698. The minimum Gasteiger partial charge on any atom is -0.496 e. The summed E-state index contributed by atoms with van der Waals surface area (Å²) in [5.41, 5.74) is 2.98. The van der Waals surface area contributed by atoms with E-state index in [9.17, 15) is 9.90 Å². The number of nitrogens with zero attached hydrogens (tertiary/aromatic N) is 1. The number of carboxylic acid groups (broad SMARTS) is 1. The summed E-state index contributed by atoms with van der Waals surface area (Å²) in [4.78, 5) is 13.4. The molecule has 5 heteroatoms. The van der Waals surface area contributed by atoms with Crippen LogP contribution in [0.5, 0.6) is 11.5 Å². The van der Waals surface area contributed by atoms with Crippen LogP contribution in [0.1, 0.15) is 28.9 Å². The smallest absolute Gasteiger partial charge is 0.335 e. The molecule has 0 amide bonds. The SMILES string of the molecule is COc1cc(C(=O)O)cc(OC)c1-c1ccc([C@H](C)N(C)C)cc1. The number of hydrogen-bond acceptors (Lipinski definition) is 4. The molecule has 2 rings (SSSR count). The second-order valence-electron chi connectivity index (χ2n) is 5.82. The van der Waals surface area contributed by atoms with E-state index < -0.39 is 5.97 Å². The lowest BCUT2D eigenvalue weighted by molar-refractivity contribution is 0.0696. The zero-order valence-electron chi connectivity index (χ0n) is 14.7. The monoisotopic (exact) mass is 329 g/mol. The Kier molecular flexibility index (Phi) is 5.46. The summed E-state index contributed by atoms with van der Waals surface area (Å²) in [6, 6.07) is 11.4. The minimum atomic E-state index is -1.02. The van der Waals surface area contributed by atoms with Gasteiger partial charge < -0.3 is 19.5 Å². The molecule has 0 saturated carbocycles. The van der Waals surface area contributed by atoms with E-state index in [1.54, 1.807) is 0 Å². The van der Waals surface area contributed by atoms with Crippen molar-refractivity contribution in [1.82, 2.24) is 4.90 Å². The maximum Gasteiger partial charge on any atom is 0.335 e. The molecule has 0 aromatic heterocycles. The molecule has 0 aliphatic heterocycles. The van der Waals surface area contributed by atoms with Gasteiger partial charge in [-0.3, -0.25) is 0 Å². The highest BCUT2D eigenvalue weighted by Crippen LogP contribution is 2.40. The number of carboxylic acids is 1. The first-order valence-corrected chi connectivity index (χ1v) is 7.65. The fraction of sp³-hybridized carbons (Fsp3) is 0.316. The van der Waals surface area contributed by atoms with Crippen molar-refractivity contribution in [2.75, 3.05) is 28.3 Å². The number of carbonyl (C=O) groups is 1. The number of ether oxygens (including phenoxy) is 2. The van der Waals surface area contributed by atoms with Gasteiger partial charge in [0.25, 0.3) is 0 Å². The van der Waals surface area contributed by atoms with Crippen LogP contribution in [0.4, 0.5) is 0 Å². The van der Waals surface area contributed by atoms with Crippen molar-refractivity contribution in [3.8, 4) is 22.6 Å². The van der Waals surface area contributed by atoms with Crippen LogP contribution in [0, 0.1) is 0 Å². The fourth-order valence-corrected chi connectivity index (χ4v) is 2.55. The van der Waals surface area contributed by atoms with Gasteiger partial charge in [0.05, 0.1) is 25.3 Å². The third kappa shape index (κ3) is 3.51. The van der Waals surface area contributed by atoms with Gasteiger partial charge in [0.1, 0.15) is 11.5 Å². The number of aromatic carboxylic acids is 1. The second kappa shape index (κ2) is 7.36. The fourth-order valence-electron chi connectivity index (χ4n) is 2.55. The third-order valence-electron chi connectivity index (χ3n) is 4.21. The van der Waals surface area contributed by atoms with E-state index in [2.05, 4.69) is 24.0 Å². The van der Waals surface area contributed by atoms with Crippen molar-refractivity contribution < 1.29 is 19.4 Å². The van der Waals surface area contributed by atoms with Crippen LogP contribution >= 0.6 is 0 Å². The van der Waals surface area contributed by atoms with Gasteiger partial charge in [-0.25, -0.2) is 4.79 Å². The summed E-state index contributed by atoms with van der Waals surface area (Å²) in [5, 5.41) is 9.22. The molecule has 0 fully saturated rings. The third-order valence-corrected chi connectivity index (χ3v) is 4.21. The molecule has 0 unspecified atom stereocenters. The zero-order chi connectivity index (χ0) is 17.9. The Morgan fingerprint density at radius 2 is 1.54 bits per heavy atom. The van der Waals surface area contributed by atoms with E-state index in [4.69, 9.17) is 9.47 Å². The lowest BCUT2D eigenvalue weighted by atomic mass is 9.98. The number of hydrogen-bond donors (Lipinski definition) is 1. The Balaban J connectivity index is 2.53. The number of rotatable bonds is 6. The van der Waals surface area contributed by atoms with Crippen LogP contribution in [0.25, 0.3) is 11.1 Å². The number of methoxy groups -OCH3 is 2. The highest BCUT2D eigenvalue weighted by atomic mass is 16.5. The average molecular weight is 329 g/mol. The summed E-state index contributed by atoms with van der Waals surface area (Å²) >= 11 is 0. The molecule has 0 saturated heterocycles. The summed E-state index contributed by atoms with van der Waals surface area (Å²) in [7, 11) is 7.11.